The van der Waals surface area contributed by atoms with E-state index in [2.05, 4.69) is 20.6 Å². The van der Waals surface area contributed by atoms with Gasteiger partial charge in [0.2, 0.25) is 11.7 Å². The Morgan fingerprint density at radius 3 is 2.77 bits per heavy atom. The molecule has 8 heteroatoms. The molecule has 1 aliphatic carbocycles. The molecule has 4 aromatic rings. The molecule has 0 spiro atoms. The first-order valence-corrected chi connectivity index (χ1v) is 10.1. The van der Waals surface area contributed by atoms with Gasteiger partial charge in [0.05, 0.1) is 22.6 Å². The average molecular weight is 417 g/mol. The molecule has 1 fully saturated rings. The van der Waals surface area contributed by atoms with Crippen molar-refractivity contribution in [1.82, 2.24) is 19.9 Å². The van der Waals surface area contributed by atoms with Crippen molar-refractivity contribution in [2.75, 3.05) is 5.32 Å². The molecule has 0 unspecified atom stereocenters. The zero-order valence-electron chi connectivity index (χ0n) is 17.1. The molecule has 1 N–H and O–H groups in total. The smallest absolute Gasteiger partial charge is 0.259 e. The normalized spacial score (nSPS) is 13.4. The Kier molecular flexibility index (Phi) is 4.62. The summed E-state index contributed by atoms with van der Waals surface area (Å²) in [6.07, 6.45) is 3.82. The number of nitrogens with zero attached hydrogens (tertiary/aromatic N) is 4. The number of rotatable bonds is 5. The van der Waals surface area contributed by atoms with Crippen LogP contribution < -0.4 is 5.32 Å². The second kappa shape index (κ2) is 7.46. The van der Waals surface area contributed by atoms with Crippen LogP contribution in [0.3, 0.4) is 0 Å². The summed E-state index contributed by atoms with van der Waals surface area (Å²) in [4.78, 5) is 17.2. The third-order valence-corrected chi connectivity index (χ3v) is 5.35. The SMILES string of the molecule is Cc1ccc(-c2noc(C3CC3)n2)cc1-n1cc(C(=O)Nc2ccccc2F)c(C)n1. The van der Waals surface area contributed by atoms with Crippen LogP contribution in [0.1, 0.15) is 46.3 Å². The van der Waals surface area contributed by atoms with E-state index in [0.717, 1.165) is 29.7 Å². The van der Waals surface area contributed by atoms with Crippen LogP contribution in [0.2, 0.25) is 0 Å². The molecular formula is C23H20FN5O2. The number of aryl methyl sites for hydroxylation is 2. The Morgan fingerprint density at radius 1 is 1.19 bits per heavy atom. The van der Waals surface area contributed by atoms with Gasteiger partial charge in [0.15, 0.2) is 0 Å². The fourth-order valence-electron chi connectivity index (χ4n) is 3.40. The number of nitrogens with one attached hydrogen (secondary N) is 1. The van der Waals surface area contributed by atoms with Crippen LogP contribution in [0, 0.1) is 19.7 Å². The number of halogens is 1. The van der Waals surface area contributed by atoms with Gasteiger partial charge in [0.25, 0.3) is 5.91 Å². The van der Waals surface area contributed by atoms with Crippen molar-refractivity contribution in [2.45, 2.75) is 32.6 Å². The molecular weight excluding hydrogens is 397 g/mol. The molecule has 0 saturated heterocycles. The van der Waals surface area contributed by atoms with Gasteiger partial charge < -0.3 is 9.84 Å². The minimum atomic E-state index is -0.491. The molecule has 0 bridgehead atoms. The lowest BCUT2D eigenvalue weighted by molar-refractivity contribution is 0.102. The van der Waals surface area contributed by atoms with E-state index in [1.54, 1.807) is 29.9 Å². The number of carbonyl (C=O) groups is 1. The number of amides is 1. The minimum absolute atomic E-state index is 0.126. The van der Waals surface area contributed by atoms with E-state index in [4.69, 9.17) is 4.52 Å². The highest BCUT2D eigenvalue weighted by molar-refractivity contribution is 6.05. The summed E-state index contributed by atoms with van der Waals surface area (Å²) in [6.45, 7) is 3.70. The lowest BCUT2D eigenvalue weighted by Gasteiger charge is -2.07. The van der Waals surface area contributed by atoms with Gasteiger partial charge in [-0.15, -0.1) is 0 Å². The summed E-state index contributed by atoms with van der Waals surface area (Å²) in [6, 6.07) is 11.9. The highest BCUT2D eigenvalue weighted by Gasteiger charge is 2.30. The van der Waals surface area contributed by atoms with Crippen molar-refractivity contribution < 1.29 is 13.7 Å². The molecule has 1 amide bonds. The maximum atomic E-state index is 13.9. The third kappa shape index (κ3) is 3.72. The Labute approximate surface area is 177 Å². The Bertz CT molecular complexity index is 1290. The second-order valence-electron chi connectivity index (χ2n) is 7.74. The molecule has 7 nitrogen and oxygen atoms in total. The van der Waals surface area contributed by atoms with Gasteiger partial charge in [-0.3, -0.25) is 4.79 Å². The van der Waals surface area contributed by atoms with Gasteiger partial charge in [0.1, 0.15) is 5.82 Å². The lowest BCUT2D eigenvalue weighted by atomic mass is 10.1. The first kappa shape index (κ1) is 19.2. The van der Waals surface area contributed by atoms with Crippen LogP contribution in [-0.2, 0) is 0 Å². The van der Waals surface area contributed by atoms with E-state index in [9.17, 15) is 9.18 Å². The first-order chi connectivity index (χ1) is 15.0. The summed E-state index contributed by atoms with van der Waals surface area (Å²) in [5, 5.41) is 11.2. The zero-order chi connectivity index (χ0) is 21.5. The van der Waals surface area contributed by atoms with Crippen molar-refractivity contribution in [3.63, 3.8) is 0 Å². The molecule has 2 aromatic heterocycles. The maximum Gasteiger partial charge on any atom is 0.259 e. The number of aromatic nitrogens is 4. The van der Waals surface area contributed by atoms with Crippen LogP contribution in [0.25, 0.3) is 17.1 Å². The summed E-state index contributed by atoms with van der Waals surface area (Å²) >= 11 is 0. The molecule has 1 aliphatic rings. The highest BCUT2D eigenvalue weighted by Crippen LogP contribution is 2.39. The molecule has 5 rings (SSSR count). The molecule has 0 atom stereocenters. The second-order valence-corrected chi connectivity index (χ2v) is 7.74. The summed E-state index contributed by atoms with van der Waals surface area (Å²) in [5.41, 5.74) is 3.60. The van der Waals surface area contributed by atoms with Crippen LogP contribution >= 0.6 is 0 Å². The predicted molar refractivity (Wildman–Crippen MR) is 113 cm³/mol. The van der Waals surface area contributed by atoms with E-state index >= 15 is 0 Å². The van der Waals surface area contributed by atoms with Crippen LogP contribution in [0.4, 0.5) is 10.1 Å². The standard InChI is InChI=1S/C23H20FN5O2/c1-13-7-8-16(21-26-23(31-28-21)15-9-10-15)11-20(13)29-12-17(14(2)27-29)22(30)25-19-6-4-3-5-18(19)24/h3-8,11-12,15H,9-10H2,1-2H3,(H,25,30). The summed E-state index contributed by atoms with van der Waals surface area (Å²) in [7, 11) is 0. The van der Waals surface area contributed by atoms with E-state index < -0.39 is 11.7 Å². The quantitative estimate of drug-likeness (QED) is 0.504. The molecule has 1 saturated carbocycles. The number of hydrogen-bond donors (Lipinski definition) is 1. The molecule has 2 heterocycles. The molecule has 0 radical (unpaired) electrons. The van der Waals surface area contributed by atoms with Crippen LogP contribution in [-0.4, -0.2) is 25.8 Å². The third-order valence-electron chi connectivity index (χ3n) is 5.35. The lowest BCUT2D eigenvalue weighted by Crippen LogP contribution is -2.13. The number of para-hydroxylation sites is 1. The number of anilines is 1. The highest BCUT2D eigenvalue weighted by atomic mass is 19.1. The topological polar surface area (TPSA) is 85.8 Å². The van der Waals surface area contributed by atoms with Crippen molar-refractivity contribution in [3.8, 4) is 17.1 Å². The monoisotopic (exact) mass is 417 g/mol. The maximum absolute atomic E-state index is 13.9. The largest absolute Gasteiger partial charge is 0.339 e. The zero-order valence-corrected chi connectivity index (χ0v) is 17.1. The van der Waals surface area contributed by atoms with E-state index in [1.165, 1.54) is 12.1 Å². The number of hydrogen-bond acceptors (Lipinski definition) is 5. The number of benzene rings is 2. The summed E-state index contributed by atoms with van der Waals surface area (Å²) < 4.78 is 20.9. The van der Waals surface area contributed by atoms with E-state index in [-0.39, 0.29) is 5.69 Å². The number of carbonyl (C=O) groups excluding carboxylic acids is 1. The molecule has 31 heavy (non-hydrogen) atoms. The first-order valence-electron chi connectivity index (χ1n) is 10.1. The van der Waals surface area contributed by atoms with Gasteiger partial charge in [-0.25, -0.2) is 9.07 Å². The van der Waals surface area contributed by atoms with Crippen LogP contribution in [0.15, 0.2) is 53.2 Å². The Hall–Kier alpha value is -3.81. The van der Waals surface area contributed by atoms with Crippen molar-refractivity contribution in [2.24, 2.45) is 0 Å². The Balaban J connectivity index is 1.45. The molecule has 2 aromatic carbocycles. The van der Waals surface area contributed by atoms with Gasteiger partial charge in [-0.1, -0.05) is 29.4 Å². The average Bonchev–Trinajstić information content (AvgIpc) is 3.36. The fourth-order valence-corrected chi connectivity index (χ4v) is 3.40. The fraction of sp³-hybridized carbons (Fsp3) is 0.217. The molecule has 156 valence electrons. The minimum Gasteiger partial charge on any atom is -0.339 e. The molecule has 0 aliphatic heterocycles. The van der Waals surface area contributed by atoms with Crippen LogP contribution in [0.5, 0.6) is 0 Å². The van der Waals surface area contributed by atoms with E-state index in [0.29, 0.717) is 28.9 Å². The van der Waals surface area contributed by atoms with Gasteiger partial charge in [0, 0.05) is 17.7 Å². The van der Waals surface area contributed by atoms with Crippen molar-refractivity contribution in [3.05, 3.63) is 77.2 Å². The van der Waals surface area contributed by atoms with Gasteiger partial charge in [-0.05, 0) is 50.5 Å². The Morgan fingerprint density at radius 2 is 2.00 bits per heavy atom. The van der Waals surface area contributed by atoms with Gasteiger partial charge in [-0.2, -0.15) is 10.1 Å². The van der Waals surface area contributed by atoms with Crippen molar-refractivity contribution >= 4 is 11.6 Å². The van der Waals surface area contributed by atoms with E-state index in [1.807, 2.05) is 25.1 Å². The predicted octanol–water partition coefficient (Wildman–Crippen LogP) is 4.81. The van der Waals surface area contributed by atoms with Crippen molar-refractivity contribution in [1.29, 1.82) is 0 Å². The van der Waals surface area contributed by atoms with Gasteiger partial charge >= 0.3 is 0 Å². The summed E-state index contributed by atoms with van der Waals surface area (Å²) in [5.74, 6) is 0.684.